The van der Waals surface area contributed by atoms with Crippen LogP contribution in [-0.2, 0) is 6.42 Å². The Balaban J connectivity index is 2.07. The van der Waals surface area contributed by atoms with Crippen molar-refractivity contribution < 1.29 is 4.79 Å². The first kappa shape index (κ1) is 17.9. The molecule has 0 bridgehead atoms. The average molecular weight is 322 g/mol. The van der Waals surface area contributed by atoms with Crippen LogP contribution in [-0.4, -0.2) is 17.9 Å². The maximum atomic E-state index is 11.6. The van der Waals surface area contributed by atoms with Crippen molar-refractivity contribution in [2.45, 2.75) is 33.1 Å². The fraction of sp³-hybridized carbons (Fsp3) is 0.333. The van der Waals surface area contributed by atoms with E-state index < -0.39 is 0 Å². The zero-order chi connectivity index (χ0) is 17.5. The summed E-state index contributed by atoms with van der Waals surface area (Å²) < 4.78 is 0. The third-order valence-corrected chi connectivity index (χ3v) is 4.00. The van der Waals surface area contributed by atoms with Gasteiger partial charge in [0.1, 0.15) is 0 Å². The standard InChI is InChI=1S/C21H26N2O/c1-15(2)5-6-17-12-18(14-23-13-17)11-16(3)19-7-9-20(10-8-19)21(24)22-4/h5-10,12-16H,11H2,1-4H3,(H,22,24)/b6-5+. The van der Waals surface area contributed by atoms with Crippen LogP contribution in [0.15, 0.2) is 48.8 Å². The highest BCUT2D eigenvalue weighted by atomic mass is 16.1. The minimum atomic E-state index is -0.0527. The Morgan fingerprint density at radius 1 is 1.17 bits per heavy atom. The molecule has 1 aromatic carbocycles. The Kier molecular flexibility index (Phi) is 6.30. The molecule has 1 atom stereocenters. The molecule has 2 aromatic rings. The van der Waals surface area contributed by atoms with Crippen molar-refractivity contribution in [2.24, 2.45) is 5.92 Å². The van der Waals surface area contributed by atoms with E-state index in [-0.39, 0.29) is 5.91 Å². The second-order valence-corrected chi connectivity index (χ2v) is 6.54. The van der Waals surface area contributed by atoms with E-state index in [1.165, 1.54) is 11.1 Å². The van der Waals surface area contributed by atoms with Gasteiger partial charge in [0.25, 0.3) is 5.91 Å². The molecule has 0 saturated carbocycles. The van der Waals surface area contributed by atoms with Gasteiger partial charge in [-0.2, -0.15) is 0 Å². The van der Waals surface area contributed by atoms with E-state index in [4.69, 9.17) is 0 Å². The summed E-state index contributed by atoms with van der Waals surface area (Å²) in [6.45, 7) is 6.53. The monoisotopic (exact) mass is 322 g/mol. The summed E-state index contributed by atoms with van der Waals surface area (Å²) in [6, 6.07) is 10.0. The van der Waals surface area contributed by atoms with Crippen LogP contribution in [0.25, 0.3) is 6.08 Å². The SMILES string of the molecule is CNC(=O)c1ccc(C(C)Cc2cncc(/C=C/C(C)C)c2)cc1. The predicted molar refractivity (Wildman–Crippen MR) is 100 cm³/mol. The molecule has 0 spiro atoms. The van der Waals surface area contributed by atoms with Crippen molar-refractivity contribution in [1.82, 2.24) is 10.3 Å². The molecular weight excluding hydrogens is 296 g/mol. The number of allylic oxidation sites excluding steroid dienone is 1. The minimum Gasteiger partial charge on any atom is -0.355 e. The Morgan fingerprint density at radius 3 is 2.50 bits per heavy atom. The molecule has 3 nitrogen and oxygen atoms in total. The number of rotatable bonds is 6. The van der Waals surface area contributed by atoms with E-state index in [0.717, 1.165) is 12.0 Å². The minimum absolute atomic E-state index is 0.0527. The van der Waals surface area contributed by atoms with Gasteiger partial charge in [-0.3, -0.25) is 9.78 Å². The van der Waals surface area contributed by atoms with Crippen molar-refractivity contribution in [1.29, 1.82) is 0 Å². The van der Waals surface area contributed by atoms with Crippen molar-refractivity contribution >= 4 is 12.0 Å². The summed E-state index contributed by atoms with van der Waals surface area (Å²) >= 11 is 0. The molecule has 1 aromatic heterocycles. The number of carbonyl (C=O) groups is 1. The van der Waals surface area contributed by atoms with E-state index in [2.05, 4.69) is 49.3 Å². The van der Waals surface area contributed by atoms with Gasteiger partial charge in [0.05, 0.1) is 0 Å². The zero-order valence-corrected chi connectivity index (χ0v) is 14.9. The lowest BCUT2D eigenvalue weighted by atomic mass is 9.93. The number of amides is 1. The largest absolute Gasteiger partial charge is 0.355 e. The van der Waals surface area contributed by atoms with E-state index in [0.29, 0.717) is 17.4 Å². The van der Waals surface area contributed by atoms with Crippen LogP contribution < -0.4 is 5.32 Å². The molecule has 1 unspecified atom stereocenters. The smallest absolute Gasteiger partial charge is 0.251 e. The molecule has 3 heteroatoms. The molecule has 0 radical (unpaired) electrons. The molecule has 126 valence electrons. The Labute approximate surface area is 144 Å². The number of nitrogens with one attached hydrogen (secondary N) is 1. The summed E-state index contributed by atoms with van der Waals surface area (Å²) in [7, 11) is 1.65. The number of carbonyl (C=O) groups excluding carboxylic acids is 1. The third kappa shape index (κ3) is 5.05. The first-order valence-corrected chi connectivity index (χ1v) is 8.43. The number of hydrogen-bond acceptors (Lipinski definition) is 2. The van der Waals surface area contributed by atoms with Crippen molar-refractivity contribution in [3.63, 3.8) is 0 Å². The lowest BCUT2D eigenvalue weighted by Gasteiger charge is -2.13. The Morgan fingerprint density at radius 2 is 1.88 bits per heavy atom. The molecule has 1 amide bonds. The fourth-order valence-corrected chi connectivity index (χ4v) is 2.59. The van der Waals surface area contributed by atoms with Gasteiger partial charge in [0.2, 0.25) is 0 Å². The molecule has 2 rings (SSSR count). The molecule has 1 N–H and O–H groups in total. The molecule has 0 saturated heterocycles. The van der Waals surface area contributed by atoms with Crippen LogP contribution in [0.3, 0.4) is 0 Å². The second kappa shape index (κ2) is 8.44. The van der Waals surface area contributed by atoms with Gasteiger partial charge in [-0.15, -0.1) is 0 Å². The van der Waals surface area contributed by atoms with Gasteiger partial charge in [0, 0.05) is 25.0 Å². The highest BCUT2D eigenvalue weighted by molar-refractivity contribution is 5.93. The van der Waals surface area contributed by atoms with Gasteiger partial charge in [-0.05, 0) is 53.1 Å². The first-order chi connectivity index (χ1) is 11.5. The van der Waals surface area contributed by atoms with Gasteiger partial charge in [0.15, 0.2) is 0 Å². The van der Waals surface area contributed by atoms with E-state index >= 15 is 0 Å². The van der Waals surface area contributed by atoms with Crippen molar-refractivity contribution in [2.75, 3.05) is 7.05 Å². The van der Waals surface area contributed by atoms with Crippen LogP contribution >= 0.6 is 0 Å². The number of pyridine rings is 1. The highest BCUT2D eigenvalue weighted by Crippen LogP contribution is 2.21. The maximum absolute atomic E-state index is 11.6. The van der Waals surface area contributed by atoms with Crippen molar-refractivity contribution in [3.05, 3.63) is 71.1 Å². The normalized spacial score (nSPS) is 12.5. The van der Waals surface area contributed by atoms with Crippen LogP contribution in [0.4, 0.5) is 0 Å². The van der Waals surface area contributed by atoms with Gasteiger partial charge >= 0.3 is 0 Å². The van der Waals surface area contributed by atoms with Crippen LogP contribution in [0.1, 0.15) is 53.7 Å². The molecule has 0 aliphatic carbocycles. The van der Waals surface area contributed by atoms with Gasteiger partial charge < -0.3 is 5.32 Å². The summed E-state index contributed by atoms with van der Waals surface area (Å²) in [5, 5.41) is 2.64. The predicted octanol–water partition coefficient (Wildman–Crippen LogP) is 4.46. The van der Waals surface area contributed by atoms with E-state index in [9.17, 15) is 4.79 Å². The fourth-order valence-electron chi connectivity index (χ4n) is 2.59. The second-order valence-electron chi connectivity index (χ2n) is 6.54. The molecule has 0 aliphatic heterocycles. The van der Waals surface area contributed by atoms with Crippen LogP contribution in [0.5, 0.6) is 0 Å². The molecular formula is C21H26N2O. The van der Waals surface area contributed by atoms with E-state index in [1.54, 1.807) is 7.05 Å². The number of aromatic nitrogens is 1. The number of benzene rings is 1. The summed E-state index contributed by atoms with van der Waals surface area (Å²) in [5.74, 6) is 0.851. The Bertz CT molecular complexity index is 702. The van der Waals surface area contributed by atoms with Crippen LogP contribution in [0, 0.1) is 5.92 Å². The number of hydrogen-bond donors (Lipinski definition) is 1. The average Bonchev–Trinajstić information content (AvgIpc) is 2.59. The topological polar surface area (TPSA) is 42.0 Å². The first-order valence-electron chi connectivity index (χ1n) is 8.43. The van der Waals surface area contributed by atoms with E-state index in [1.807, 2.05) is 36.7 Å². The maximum Gasteiger partial charge on any atom is 0.251 e. The molecule has 0 aliphatic rings. The zero-order valence-electron chi connectivity index (χ0n) is 14.9. The summed E-state index contributed by atoms with van der Waals surface area (Å²) in [5.41, 5.74) is 4.29. The Hall–Kier alpha value is -2.42. The highest BCUT2D eigenvalue weighted by Gasteiger charge is 2.09. The van der Waals surface area contributed by atoms with Gasteiger partial charge in [-0.1, -0.05) is 45.1 Å². The summed E-state index contributed by atoms with van der Waals surface area (Å²) in [6.07, 6.45) is 9.06. The molecule has 24 heavy (non-hydrogen) atoms. The lowest BCUT2D eigenvalue weighted by Crippen LogP contribution is -2.17. The van der Waals surface area contributed by atoms with Crippen molar-refractivity contribution in [3.8, 4) is 0 Å². The van der Waals surface area contributed by atoms with Crippen LogP contribution in [0.2, 0.25) is 0 Å². The third-order valence-electron chi connectivity index (χ3n) is 4.00. The van der Waals surface area contributed by atoms with Gasteiger partial charge in [-0.25, -0.2) is 0 Å². The molecule has 0 fully saturated rings. The quantitative estimate of drug-likeness (QED) is 0.853. The lowest BCUT2D eigenvalue weighted by molar-refractivity contribution is 0.0963. The number of nitrogens with zero attached hydrogens (tertiary/aromatic N) is 1. The summed E-state index contributed by atoms with van der Waals surface area (Å²) in [4.78, 5) is 16.0. The molecule has 1 heterocycles.